The summed E-state index contributed by atoms with van der Waals surface area (Å²) in [7, 11) is 0. The summed E-state index contributed by atoms with van der Waals surface area (Å²) in [6.07, 6.45) is 4.83. The molecule has 1 aromatic carbocycles. The van der Waals surface area contributed by atoms with Gasteiger partial charge in [-0.15, -0.1) is 0 Å². The number of anilines is 1. The van der Waals surface area contributed by atoms with Crippen molar-refractivity contribution in [3.63, 3.8) is 0 Å². The van der Waals surface area contributed by atoms with E-state index >= 15 is 0 Å². The first kappa shape index (κ1) is 15.3. The van der Waals surface area contributed by atoms with E-state index in [1.54, 1.807) is 0 Å². The summed E-state index contributed by atoms with van der Waals surface area (Å²) in [6.45, 7) is 5.35. The van der Waals surface area contributed by atoms with E-state index in [1.807, 2.05) is 12.1 Å². The van der Waals surface area contributed by atoms with Gasteiger partial charge in [0.05, 0.1) is 11.3 Å². The summed E-state index contributed by atoms with van der Waals surface area (Å²) >= 11 is 3.45. The van der Waals surface area contributed by atoms with Crippen LogP contribution in [0.2, 0.25) is 0 Å². The highest BCUT2D eigenvalue weighted by Gasteiger charge is 2.19. The Morgan fingerprint density at radius 3 is 3.00 bits per heavy atom. The number of hydrogen-bond donors (Lipinski definition) is 1. The van der Waals surface area contributed by atoms with Crippen molar-refractivity contribution in [1.29, 1.82) is 5.26 Å². The Balaban J connectivity index is 2.18. The maximum Gasteiger partial charge on any atom is 0.101 e. The lowest BCUT2D eigenvalue weighted by Gasteiger charge is -2.28. The Bertz CT molecular complexity index is 475. The summed E-state index contributed by atoms with van der Waals surface area (Å²) < 4.78 is 0.965. The molecule has 0 radical (unpaired) electrons. The predicted octanol–water partition coefficient (Wildman–Crippen LogP) is 3.68. The van der Waals surface area contributed by atoms with Crippen molar-refractivity contribution < 1.29 is 0 Å². The number of unbranched alkanes of at least 4 members (excludes halogenated alkanes) is 1. The van der Waals surface area contributed by atoms with E-state index in [-0.39, 0.29) is 0 Å². The van der Waals surface area contributed by atoms with Crippen LogP contribution in [0.15, 0.2) is 22.7 Å². The van der Waals surface area contributed by atoms with E-state index in [2.05, 4.69) is 45.2 Å². The molecule has 20 heavy (non-hydrogen) atoms. The van der Waals surface area contributed by atoms with Gasteiger partial charge >= 0.3 is 0 Å². The van der Waals surface area contributed by atoms with Crippen LogP contribution in [-0.4, -0.2) is 25.7 Å². The van der Waals surface area contributed by atoms with Crippen molar-refractivity contribution in [2.24, 2.45) is 0 Å². The molecule has 1 heterocycles. The highest BCUT2D eigenvalue weighted by molar-refractivity contribution is 9.10. The minimum Gasteiger partial charge on any atom is -0.369 e. The number of rotatable bonds is 6. The zero-order valence-corrected chi connectivity index (χ0v) is 13.6. The Morgan fingerprint density at radius 1 is 1.50 bits per heavy atom. The molecule has 0 bridgehead atoms. The standard InChI is InChI=1S/C16H22BrN3/c1-2-3-9-20(12-15-5-4-8-19-15)16-7-6-14(17)10-13(16)11-18/h6-7,10,15,19H,2-5,8-9,12H2,1H3. The minimum atomic E-state index is 0.557. The molecule has 1 saturated heterocycles. The monoisotopic (exact) mass is 335 g/mol. The summed E-state index contributed by atoms with van der Waals surface area (Å²) in [5.41, 5.74) is 1.83. The van der Waals surface area contributed by atoms with Crippen molar-refractivity contribution >= 4 is 21.6 Å². The molecule has 2 rings (SSSR count). The van der Waals surface area contributed by atoms with E-state index in [4.69, 9.17) is 0 Å². The van der Waals surface area contributed by atoms with Crippen molar-refractivity contribution in [1.82, 2.24) is 5.32 Å². The molecule has 3 nitrogen and oxygen atoms in total. The van der Waals surface area contributed by atoms with Gasteiger partial charge in [-0.1, -0.05) is 29.3 Å². The van der Waals surface area contributed by atoms with Crippen LogP contribution in [0, 0.1) is 11.3 Å². The Hall–Kier alpha value is -1.05. The first-order valence-corrected chi connectivity index (χ1v) is 8.22. The van der Waals surface area contributed by atoms with Gasteiger partial charge in [-0.3, -0.25) is 0 Å². The molecule has 108 valence electrons. The normalized spacial score (nSPS) is 17.9. The molecule has 1 N–H and O–H groups in total. The van der Waals surface area contributed by atoms with Crippen LogP contribution >= 0.6 is 15.9 Å². The van der Waals surface area contributed by atoms with Crippen molar-refractivity contribution in [3.8, 4) is 6.07 Å². The second kappa shape index (κ2) is 7.66. The molecule has 4 heteroatoms. The fourth-order valence-electron chi connectivity index (χ4n) is 2.71. The smallest absolute Gasteiger partial charge is 0.101 e. The zero-order chi connectivity index (χ0) is 14.4. The van der Waals surface area contributed by atoms with Crippen molar-refractivity contribution in [2.75, 3.05) is 24.5 Å². The van der Waals surface area contributed by atoms with Crippen molar-refractivity contribution in [2.45, 2.75) is 38.6 Å². The molecule has 1 aliphatic heterocycles. The third-order valence-corrected chi connectivity index (χ3v) is 4.30. The lowest BCUT2D eigenvalue weighted by atomic mass is 10.1. The van der Waals surface area contributed by atoms with Crippen LogP contribution in [0.25, 0.3) is 0 Å². The topological polar surface area (TPSA) is 39.1 Å². The first-order valence-electron chi connectivity index (χ1n) is 7.42. The van der Waals surface area contributed by atoms with Gasteiger partial charge in [0.2, 0.25) is 0 Å². The molecule has 0 amide bonds. The van der Waals surface area contributed by atoms with Crippen LogP contribution in [0.1, 0.15) is 38.2 Å². The number of benzene rings is 1. The quantitative estimate of drug-likeness (QED) is 0.861. The largest absolute Gasteiger partial charge is 0.369 e. The Labute approximate surface area is 130 Å². The van der Waals surface area contributed by atoms with Gasteiger partial charge in [0.1, 0.15) is 6.07 Å². The average molecular weight is 336 g/mol. The fourth-order valence-corrected chi connectivity index (χ4v) is 3.07. The summed E-state index contributed by atoms with van der Waals surface area (Å²) in [6, 6.07) is 8.88. The predicted molar refractivity (Wildman–Crippen MR) is 87.0 cm³/mol. The summed E-state index contributed by atoms with van der Waals surface area (Å²) in [4.78, 5) is 2.37. The molecule has 1 atom stereocenters. The molecular weight excluding hydrogens is 314 g/mol. The molecule has 1 aliphatic rings. The van der Waals surface area contributed by atoms with E-state index in [0.29, 0.717) is 6.04 Å². The SMILES string of the molecule is CCCCN(CC1CCCN1)c1ccc(Br)cc1C#N. The van der Waals surface area contributed by atoms with E-state index in [1.165, 1.54) is 19.3 Å². The average Bonchev–Trinajstić information content (AvgIpc) is 2.96. The second-order valence-corrected chi connectivity index (χ2v) is 6.28. The number of hydrogen-bond acceptors (Lipinski definition) is 3. The second-order valence-electron chi connectivity index (χ2n) is 5.37. The molecule has 1 unspecified atom stereocenters. The van der Waals surface area contributed by atoms with E-state index < -0.39 is 0 Å². The molecule has 1 fully saturated rings. The van der Waals surface area contributed by atoms with Crippen LogP contribution < -0.4 is 10.2 Å². The van der Waals surface area contributed by atoms with E-state index in [0.717, 1.165) is 41.8 Å². The van der Waals surface area contributed by atoms with Gasteiger partial charge in [-0.25, -0.2) is 0 Å². The van der Waals surface area contributed by atoms with Gasteiger partial charge in [0.15, 0.2) is 0 Å². The van der Waals surface area contributed by atoms with E-state index in [9.17, 15) is 5.26 Å². The van der Waals surface area contributed by atoms with Crippen molar-refractivity contribution in [3.05, 3.63) is 28.2 Å². The maximum atomic E-state index is 9.36. The van der Waals surface area contributed by atoms with Crippen LogP contribution in [0.3, 0.4) is 0 Å². The third-order valence-electron chi connectivity index (χ3n) is 3.80. The molecule has 0 aromatic heterocycles. The van der Waals surface area contributed by atoms with Crippen LogP contribution in [0.4, 0.5) is 5.69 Å². The number of nitrogens with zero attached hydrogens (tertiary/aromatic N) is 2. The summed E-state index contributed by atoms with van der Waals surface area (Å²) in [5.74, 6) is 0. The van der Waals surface area contributed by atoms with Crippen LogP contribution in [0.5, 0.6) is 0 Å². The molecule has 0 aliphatic carbocycles. The Kier molecular flexibility index (Phi) is 5.87. The number of nitriles is 1. The van der Waals surface area contributed by atoms with Gasteiger partial charge in [0.25, 0.3) is 0 Å². The third kappa shape index (κ3) is 3.97. The molecule has 0 spiro atoms. The Morgan fingerprint density at radius 2 is 2.35 bits per heavy atom. The fraction of sp³-hybridized carbons (Fsp3) is 0.562. The lowest BCUT2D eigenvalue weighted by Crippen LogP contribution is -2.38. The van der Waals surface area contributed by atoms with Gasteiger partial charge in [-0.2, -0.15) is 5.26 Å². The number of halogens is 1. The molecule has 1 aromatic rings. The maximum absolute atomic E-state index is 9.36. The van der Waals surface area contributed by atoms with Crippen LogP contribution in [-0.2, 0) is 0 Å². The van der Waals surface area contributed by atoms with Gasteiger partial charge < -0.3 is 10.2 Å². The summed E-state index contributed by atoms with van der Waals surface area (Å²) in [5, 5.41) is 12.9. The highest BCUT2D eigenvalue weighted by Crippen LogP contribution is 2.25. The molecule has 0 saturated carbocycles. The zero-order valence-electron chi connectivity index (χ0n) is 12.0. The number of nitrogens with one attached hydrogen (secondary N) is 1. The minimum absolute atomic E-state index is 0.557. The van der Waals surface area contributed by atoms with Gasteiger partial charge in [0, 0.05) is 23.6 Å². The molecular formula is C16H22BrN3. The highest BCUT2D eigenvalue weighted by atomic mass is 79.9. The van der Waals surface area contributed by atoms with Gasteiger partial charge in [-0.05, 0) is 44.0 Å². The first-order chi connectivity index (χ1) is 9.74. The lowest BCUT2D eigenvalue weighted by molar-refractivity contribution is 0.572.